The molecule has 3 amide bonds. The van der Waals surface area contributed by atoms with Gasteiger partial charge in [-0.05, 0) is 41.8 Å². The molecule has 1 aliphatic heterocycles. The predicted octanol–water partition coefficient (Wildman–Crippen LogP) is 3.31. The normalized spacial score (nSPS) is 16.0. The molecule has 7 heteroatoms. The van der Waals surface area contributed by atoms with Crippen molar-refractivity contribution in [3.05, 3.63) is 64.7 Å². The minimum atomic E-state index is -0.285. The highest BCUT2D eigenvalue weighted by Crippen LogP contribution is 2.14. The first-order valence-electron chi connectivity index (χ1n) is 8.84. The van der Waals surface area contributed by atoms with Crippen molar-refractivity contribution in [3.63, 3.8) is 0 Å². The maximum Gasteiger partial charge on any atom is 0.319 e. The third kappa shape index (κ3) is 5.98. The molecule has 3 N–H and O–H groups in total. The first kappa shape index (κ1) is 19.2. The second kappa shape index (κ2) is 9.39. The SMILES string of the molecule is O=C(NCc1ccc(Cl)cc1)Nc1ccc(CNC(=O)C2CCOC2)cc1. The van der Waals surface area contributed by atoms with Crippen LogP contribution < -0.4 is 16.0 Å². The summed E-state index contributed by atoms with van der Waals surface area (Å²) in [5.41, 5.74) is 2.62. The van der Waals surface area contributed by atoms with Gasteiger partial charge in [-0.3, -0.25) is 4.79 Å². The maximum atomic E-state index is 12.0. The molecule has 1 aliphatic rings. The summed E-state index contributed by atoms with van der Waals surface area (Å²) in [6.07, 6.45) is 0.778. The lowest BCUT2D eigenvalue weighted by Gasteiger charge is -2.11. The van der Waals surface area contributed by atoms with E-state index in [1.807, 2.05) is 36.4 Å². The van der Waals surface area contributed by atoms with Gasteiger partial charge < -0.3 is 20.7 Å². The van der Waals surface area contributed by atoms with Crippen LogP contribution in [-0.2, 0) is 22.6 Å². The minimum absolute atomic E-state index is 0.0243. The molecule has 2 aromatic rings. The van der Waals surface area contributed by atoms with Crippen molar-refractivity contribution in [3.8, 4) is 0 Å². The minimum Gasteiger partial charge on any atom is -0.381 e. The Morgan fingerprint density at radius 2 is 1.59 bits per heavy atom. The monoisotopic (exact) mass is 387 g/mol. The van der Waals surface area contributed by atoms with Crippen molar-refractivity contribution in [2.75, 3.05) is 18.5 Å². The van der Waals surface area contributed by atoms with Crippen molar-refractivity contribution in [1.29, 1.82) is 0 Å². The van der Waals surface area contributed by atoms with Crippen molar-refractivity contribution < 1.29 is 14.3 Å². The first-order valence-corrected chi connectivity index (χ1v) is 9.21. The van der Waals surface area contributed by atoms with Gasteiger partial charge in [0, 0.05) is 30.4 Å². The fraction of sp³-hybridized carbons (Fsp3) is 0.300. The van der Waals surface area contributed by atoms with Gasteiger partial charge >= 0.3 is 6.03 Å². The summed E-state index contributed by atoms with van der Waals surface area (Å²) in [5, 5.41) is 9.15. The van der Waals surface area contributed by atoms with E-state index in [0.29, 0.717) is 37.0 Å². The largest absolute Gasteiger partial charge is 0.381 e. The van der Waals surface area contributed by atoms with Crippen LogP contribution in [0.3, 0.4) is 0 Å². The lowest BCUT2D eigenvalue weighted by Crippen LogP contribution is -2.30. The molecule has 0 spiro atoms. The molecule has 1 atom stereocenters. The highest BCUT2D eigenvalue weighted by atomic mass is 35.5. The Hall–Kier alpha value is -2.57. The Bertz CT molecular complexity index is 772. The van der Waals surface area contributed by atoms with Gasteiger partial charge in [-0.25, -0.2) is 4.79 Å². The third-order valence-corrected chi connectivity index (χ3v) is 4.60. The predicted molar refractivity (Wildman–Crippen MR) is 105 cm³/mol. The zero-order valence-corrected chi connectivity index (χ0v) is 15.6. The van der Waals surface area contributed by atoms with E-state index < -0.39 is 0 Å². The standard InChI is InChI=1S/C20H22ClN3O3/c21-17-5-1-14(2-6-17)12-23-20(26)24-18-7-3-15(4-8-18)11-22-19(25)16-9-10-27-13-16/h1-8,16H,9-13H2,(H,22,25)(H2,23,24,26). The number of carbonyl (C=O) groups is 2. The molecular weight excluding hydrogens is 366 g/mol. The Kier molecular flexibility index (Phi) is 6.68. The summed E-state index contributed by atoms with van der Waals surface area (Å²) in [6.45, 7) is 2.02. The second-order valence-electron chi connectivity index (χ2n) is 6.41. The maximum absolute atomic E-state index is 12.0. The molecule has 1 unspecified atom stereocenters. The van der Waals surface area contributed by atoms with Gasteiger partial charge in [-0.15, -0.1) is 0 Å². The summed E-state index contributed by atoms with van der Waals surface area (Å²) >= 11 is 5.84. The molecule has 0 aromatic heterocycles. The van der Waals surface area contributed by atoms with Crippen LogP contribution in [0.4, 0.5) is 10.5 Å². The number of rotatable bonds is 6. The number of benzene rings is 2. The lowest BCUT2D eigenvalue weighted by molar-refractivity contribution is -0.125. The topological polar surface area (TPSA) is 79.5 Å². The summed E-state index contributed by atoms with van der Waals surface area (Å²) in [5.74, 6) is -0.0217. The van der Waals surface area contributed by atoms with Crippen molar-refractivity contribution in [2.24, 2.45) is 5.92 Å². The number of ether oxygens (including phenoxy) is 1. The van der Waals surface area contributed by atoms with Crippen molar-refractivity contribution in [1.82, 2.24) is 10.6 Å². The molecule has 6 nitrogen and oxygen atoms in total. The summed E-state index contributed by atoms with van der Waals surface area (Å²) in [7, 11) is 0. The van der Waals surface area contributed by atoms with E-state index in [-0.39, 0.29) is 17.9 Å². The molecule has 2 aromatic carbocycles. The first-order chi connectivity index (χ1) is 13.1. The van der Waals surface area contributed by atoms with E-state index in [9.17, 15) is 9.59 Å². The van der Waals surface area contributed by atoms with Crippen LogP contribution in [0.2, 0.25) is 5.02 Å². The summed E-state index contributed by atoms with van der Waals surface area (Å²) in [6, 6.07) is 14.4. The number of halogens is 1. The number of amides is 3. The molecule has 0 aliphatic carbocycles. The highest BCUT2D eigenvalue weighted by molar-refractivity contribution is 6.30. The molecule has 1 saturated heterocycles. The van der Waals surface area contributed by atoms with Gasteiger partial charge in [0.15, 0.2) is 0 Å². The Balaban J connectivity index is 1.42. The van der Waals surface area contributed by atoms with Crippen LogP contribution in [0.15, 0.2) is 48.5 Å². The van der Waals surface area contributed by atoms with Crippen LogP contribution in [0.5, 0.6) is 0 Å². The van der Waals surface area contributed by atoms with Crippen molar-refractivity contribution in [2.45, 2.75) is 19.5 Å². The van der Waals surface area contributed by atoms with Gasteiger partial charge in [-0.1, -0.05) is 35.9 Å². The van der Waals surface area contributed by atoms with Gasteiger partial charge in [-0.2, -0.15) is 0 Å². The van der Waals surface area contributed by atoms with E-state index in [4.69, 9.17) is 16.3 Å². The quantitative estimate of drug-likeness (QED) is 0.711. The summed E-state index contributed by atoms with van der Waals surface area (Å²) in [4.78, 5) is 24.0. The van der Waals surface area contributed by atoms with E-state index >= 15 is 0 Å². The Labute approximate surface area is 163 Å². The lowest BCUT2D eigenvalue weighted by atomic mass is 10.1. The van der Waals surface area contributed by atoms with Crippen molar-refractivity contribution >= 4 is 29.2 Å². The van der Waals surface area contributed by atoms with Crippen LogP contribution in [0.25, 0.3) is 0 Å². The van der Waals surface area contributed by atoms with Crippen LogP contribution in [-0.4, -0.2) is 25.2 Å². The number of carbonyl (C=O) groups excluding carboxylic acids is 2. The van der Waals surface area contributed by atoms with E-state index in [1.165, 1.54) is 0 Å². The average Bonchev–Trinajstić information content (AvgIpc) is 3.22. The third-order valence-electron chi connectivity index (χ3n) is 4.35. The zero-order chi connectivity index (χ0) is 19.1. The summed E-state index contributed by atoms with van der Waals surface area (Å²) < 4.78 is 5.22. The average molecular weight is 388 g/mol. The van der Waals surface area contributed by atoms with E-state index in [0.717, 1.165) is 17.5 Å². The van der Waals surface area contributed by atoms with Gasteiger partial charge in [0.05, 0.1) is 12.5 Å². The smallest absolute Gasteiger partial charge is 0.319 e. The van der Waals surface area contributed by atoms with Crippen LogP contribution in [0.1, 0.15) is 17.5 Å². The number of anilines is 1. The molecular formula is C20H22ClN3O3. The number of hydrogen-bond acceptors (Lipinski definition) is 3. The number of hydrogen-bond donors (Lipinski definition) is 3. The molecule has 3 rings (SSSR count). The van der Waals surface area contributed by atoms with E-state index in [1.54, 1.807) is 12.1 Å². The highest BCUT2D eigenvalue weighted by Gasteiger charge is 2.22. The fourth-order valence-electron chi connectivity index (χ4n) is 2.74. The molecule has 0 bridgehead atoms. The Morgan fingerprint density at radius 1 is 0.963 bits per heavy atom. The molecule has 1 fully saturated rings. The number of urea groups is 1. The van der Waals surface area contributed by atoms with Gasteiger partial charge in [0.25, 0.3) is 0 Å². The molecule has 1 heterocycles. The molecule has 27 heavy (non-hydrogen) atoms. The fourth-order valence-corrected chi connectivity index (χ4v) is 2.87. The zero-order valence-electron chi connectivity index (χ0n) is 14.8. The molecule has 0 saturated carbocycles. The van der Waals surface area contributed by atoms with E-state index in [2.05, 4.69) is 16.0 Å². The number of nitrogens with one attached hydrogen (secondary N) is 3. The molecule has 0 radical (unpaired) electrons. The second-order valence-corrected chi connectivity index (χ2v) is 6.85. The van der Waals surface area contributed by atoms with Gasteiger partial charge in [0.1, 0.15) is 0 Å². The Morgan fingerprint density at radius 3 is 2.22 bits per heavy atom. The van der Waals surface area contributed by atoms with Crippen LogP contribution >= 0.6 is 11.6 Å². The molecule has 142 valence electrons. The van der Waals surface area contributed by atoms with Gasteiger partial charge in [0.2, 0.25) is 5.91 Å². The van der Waals surface area contributed by atoms with Crippen LogP contribution in [0, 0.1) is 5.92 Å².